The molecule has 0 unspecified atom stereocenters. The van der Waals surface area contributed by atoms with Crippen LogP contribution in [0.3, 0.4) is 0 Å². The molecular weight excluding hydrogens is 206 g/mol. The highest BCUT2D eigenvalue weighted by atomic mass is 32.1. The molecule has 0 fully saturated rings. The van der Waals surface area contributed by atoms with Crippen LogP contribution in [-0.4, -0.2) is 26.2 Å². The van der Waals surface area contributed by atoms with Crippen LogP contribution in [0.1, 0.15) is 16.4 Å². The van der Waals surface area contributed by atoms with Crippen LogP contribution in [0.2, 0.25) is 0 Å². The van der Waals surface area contributed by atoms with E-state index < -0.39 is 11.9 Å². The van der Waals surface area contributed by atoms with Gasteiger partial charge < -0.3 is 9.63 Å². The van der Waals surface area contributed by atoms with E-state index in [0.29, 0.717) is 0 Å². The van der Waals surface area contributed by atoms with Gasteiger partial charge in [0.25, 0.3) is 0 Å². The summed E-state index contributed by atoms with van der Waals surface area (Å²) in [7, 11) is 0. The van der Waals surface area contributed by atoms with Gasteiger partial charge in [-0.05, 0) is 6.92 Å². The Bertz CT molecular complexity index is 476. The molecule has 0 aromatic carbocycles. The maximum absolute atomic E-state index is 10.5. The molecule has 0 saturated heterocycles. The zero-order valence-corrected chi connectivity index (χ0v) is 7.91. The quantitative estimate of drug-likeness (QED) is 0.802. The molecule has 0 spiro atoms. The number of nitrogens with zero attached hydrogens (tertiary/aromatic N) is 3. The number of carboxylic acids is 1. The number of thiazole rings is 1. The zero-order valence-electron chi connectivity index (χ0n) is 7.09. The van der Waals surface area contributed by atoms with E-state index in [1.807, 2.05) is 0 Å². The maximum Gasteiger partial charge on any atom is 0.394 e. The fourth-order valence-electron chi connectivity index (χ4n) is 0.919. The highest BCUT2D eigenvalue weighted by molar-refractivity contribution is 7.13. The summed E-state index contributed by atoms with van der Waals surface area (Å²) in [6.07, 6.45) is 0. The van der Waals surface area contributed by atoms with E-state index in [-0.39, 0.29) is 5.82 Å². The van der Waals surface area contributed by atoms with Crippen molar-refractivity contribution in [2.24, 2.45) is 0 Å². The predicted octanol–water partition coefficient (Wildman–Crippen LogP) is 1.20. The average molecular weight is 211 g/mol. The second-order valence-corrected chi connectivity index (χ2v) is 3.35. The second-order valence-electron chi connectivity index (χ2n) is 2.50. The highest BCUT2D eigenvalue weighted by Gasteiger charge is 2.16. The Kier molecular flexibility index (Phi) is 2.01. The van der Waals surface area contributed by atoms with Crippen molar-refractivity contribution in [3.63, 3.8) is 0 Å². The molecule has 2 aromatic rings. The first-order valence-corrected chi connectivity index (χ1v) is 4.54. The lowest BCUT2D eigenvalue weighted by Gasteiger charge is -1.86. The molecule has 0 atom stereocenters. The van der Waals surface area contributed by atoms with Gasteiger partial charge in [0.15, 0.2) is 0 Å². The molecule has 14 heavy (non-hydrogen) atoms. The topological polar surface area (TPSA) is 89.1 Å². The Morgan fingerprint density at radius 2 is 2.43 bits per heavy atom. The molecule has 2 rings (SSSR count). The molecule has 0 bridgehead atoms. The zero-order chi connectivity index (χ0) is 10.1. The van der Waals surface area contributed by atoms with Crippen LogP contribution in [0.25, 0.3) is 10.7 Å². The van der Waals surface area contributed by atoms with Gasteiger partial charge in [0, 0.05) is 0 Å². The number of aromatic carboxylic acids is 1. The summed E-state index contributed by atoms with van der Waals surface area (Å²) in [6.45, 7) is 1.79. The first-order chi connectivity index (χ1) is 6.68. The van der Waals surface area contributed by atoms with Gasteiger partial charge in [-0.3, -0.25) is 0 Å². The number of hydrogen-bond acceptors (Lipinski definition) is 6. The molecule has 2 heterocycles. The number of aryl methyl sites for hydroxylation is 1. The van der Waals surface area contributed by atoms with Gasteiger partial charge in [-0.25, -0.2) is 9.78 Å². The van der Waals surface area contributed by atoms with Crippen molar-refractivity contribution in [2.45, 2.75) is 6.92 Å². The van der Waals surface area contributed by atoms with Gasteiger partial charge in [-0.2, -0.15) is 4.98 Å². The van der Waals surface area contributed by atoms with Crippen LogP contribution in [0.4, 0.5) is 0 Å². The third kappa shape index (κ3) is 1.37. The van der Waals surface area contributed by atoms with E-state index in [1.54, 1.807) is 12.4 Å². The van der Waals surface area contributed by atoms with E-state index in [9.17, 15) is 4.79 Å². The fourth-order valence-corrected chi connectivity index (χ4v) is 1.65. The molecule has 0 saturated carbocycles. The second kappa shape index (κ2) is 3.18. The minimum atomic E-state index is -1.23. The monoisotopic (exact) mass is 211 g/mol. The van der Waals surface area contributed by atoms with Crippen molar-refractivity contribution in [3.05, 3.63) is 17.1 Å². The fraction of sp³-hybridized carbons (Fsp3) is 0.143. The SMILES string of the molecule is Cc1ncsc1-c1noc(C(=O)O)n1. The lowest BCUT2D eigenvalue weighted by Crippen LogP contribution is -1.95. The lowest BCUT2D eigenvalue weighted by molar-refractivity contribution is 0.0643. The van der Waals surface area contributed by atoms with Gasteiger partial charge in [0.05, 0.1) is 16.1 Å². The summed E-state index contributed by atoms with van der Waals surface area (Å²) in [4.78, 5) is 18.9. The van der Waals surface area contributed by atoms with E-state index in [2.05, 4.69) is 19.6 Å². The molecule has 0 radical (unpaired) electrons. The van der Waals surface area contributed by atoms with Crippen molar-refractivity contribution < 1.29 is 14.4 Å². The third-order valence-corrected chi connectivity index (χ3v) is 2.48. The van der Waals surface area contributed by atoms with E-state index in [4.69, 9.17) is 5.11 Å². The van der Waals surface area contributed by atoms with Crippen LogP contribution < -0.4 is 0 Å². The van der Waals surface area contributed by atoms with Gasteiger partial charge in [-0.1, -0.05) is 5.16 Å². The Morgan fingerprint density at radius 1 is 1.64 bits per heavy atom. The number of carbonyl (C=O) groups is 1. The number of hydrogen-bond donors (Lipinski definition) is 1. The molecule has 0 aliphatic heterocycles. The normalized spacial score (nSPS) is 10.4. The van der Waals surface area contributed by atoms with Crippen molar-refractivity contribution in [3.8, 4) is 10.7 Å². The lowest BCUT2D eigenvalue weighted by atomic mass is 10.4. The number of carboxylic acid groups (broad SMARTS) is 1. The van der Waals surface area contributed by atoms with Crippen LogP contribution in [0, 0.1) is 6.92 Å². The Hall–Kier alpha value is -1.76. The summed E-state index contributed by atoms with van der Waals surface area (Å²) in [5.74, 6) is -1.37. The summed E-state index contributed by atoms with van der Waals surface area (Å²) >= 11 is 1.34. The average Bonchev–Trinajstić information content (AvgIpc) is 2.71. The van der Waals surface area contributed by atoms with Crippen molar-refractivity contribution in [1.29, 1.82) is 0 Å². The van der Waals surface area contributed by atoms with E-state index in [1.165, 1.54) is 11.3 Å². The summed E-state index contributed by atoms with van der Waals surface area (Å²) < 4.78 is 4.52. The first-order valence-electron chi connectivity index (χ1n) is 3.66. The third-order valence-electron chi connectivity index (χ3n) is 1.56. The molecule has 6 nitrogen and oxygen atoms in total. The molecule has 0 aliphatic carbocycles. The Balaban J connectivity index is 2.43. The maximum atomic E-state index is 10.5. The van der Waals surface area contributed by atoms with Crippen LogP contribution in [0.5, 0.6) is 0 Å². The van der Waals surface area contributed by atoms with Crippen LogP contribution in [0.15, 0.2) is 10.0 Å². The van der Waals surface area contributed by atoms with Crippen molar-refractivity contribution in [1.82, 2.24) is 15.1 Å². The van der Waals surface area contributed by atoms with Crippen molar-refractivity contribution >= 4 is 17.3 Å². The Morgan fingerprint density at radius 3 is 2.93 bits per heavy atom. The predicted molar refractivity (Wildman–Crippen MR) is 47.1 cm³/mol. The minimum absolute atomic E-state index is 0.266. The van der Waals surface area contributed by atoms with Gasteiger partial charge in [-0.15, -0.1) is 11.3 Å². The molecule has 72 valence electrons. The molecule has 0 amide bonds. The number of rotatable bonds is 2. The smallest absolute Gasteiger partial charge is 0.394 e. The van der Waals surface area contributed by atoms with Crippen LogP contribution in [-0.2, 0) is 0 Å². The summed E-state index contributed by atoms with van der Waals surface area (Å²) in [5.41, 5.74) is 2.40. The largest absolute Gasteiger partial charge is 0.474 e. The van der Waals surface area contributed by atoms with Gasteiger partial charge in [0.1, 0.15) is 0 Å². The van der Waals surface area contributed by atoms with Gasteiger partial charge >= 0.3 is 11.9 Å². The standard InChI is InChI=1S/C7H5N3O3S/c1-3-4(14-2-8-3)5-9-6(7(11)12)13-10-5/h2H,1H3,(H,11,12). The molecular formula is C7H5N3O3S. The minimum Gasteiger partial charge on any atom is -0.474 e. The molecule has 0 aliphatic rings. The number of aromatic nitrogens is 3. The van der Waals surface area contributed by atoms with Gasteiger partial charge in [0.2, 0.25) is 5.82 Å². The summed E-state index contributed by atoms with van der Waals surface area (Å²) in [5, 5.41) is 12.1. The molecule has 7 heteroatoms. The highest BCUT2D eigenvalue weighted by Crippen LogP contribution is 2.23. The molecule has 1 N–H and O–H groups in total. The van der Waals surface area contributed by atoms with Crippen LogP contribution >= 0.6 is 11.3 Å². The molecule has 2 aromatic heterocycles. The Labute approximate surface area is 82.2 Å². The van der Waals surface area contributed by atoms with E-state index in [0.717, 1.165) is 10.6 Å². The van der Waals surface area contributed by atoms with Crippen molar-refractivity contribution in [2.75, 3.05) is 0 Å². The first kappa shape index (κ1) is 8.82. The van der Waals surface area contributed by atoms with E-state index >= 15 is 0 Å². The summed E-state index contributed by atoms with van der Waals surface area (Å²) in [6, 6.07) is 0.